The van der Waals surface area contributed by atoms with E-state index < -0.39 is 44.5 Å². The first-order chi connectivity index (χ1) is 14.9. The van der Waals surface area contributed by atoms with E-state index >= 15 is 0 Å². The monoisotopic (exact) mass is 474 g/mol. The van der Waals surface area contributed by atoms with Crippen LogP contribution in [0.1, 0.15) is 28.9 Å². The van der Waals surface area contributed by atoms with Crippen LogP contribution in [0.3, 0.4) is 0 Å². The number of amides is 1. The molecule has 0 atom stereocenters. The summed E-state index contributed by atoms with van der Waals surface area (Å²) in [4.78, 5) is 23.7. The number of carbonyl (C=O) groups excluding carboxylic acids is 2. The standard InChI is InChI=1S/C19H21F3N4O5S/c1-25-15(18(28)31-2)11-16(24-25)23-17(27)12-6-8-26(9-7-12)32(29,30)14-5-3-4-13(10-14)19(20,21)22/h3-5,10-12H,6-9H2,1-2H3,(H,23,24,27). The molecule has 1 aromatic heterocycles. The van der Waals surface area contributed by atoms with Gasteiger partial charge < -0.3 is 10.1 Å². The molecule has 1 fully saturated rings. The summed E-state index contributed by atoms with van der Waals surface area (Å²) in [5, 5.41) is 6.61. The second-order valence-corrected chi connectivity index (χ2v) is 9.16. The average molecular weight is 474 g/mol. The number of benzene rings is 1. The van der Waals surface area contributed by atoms with Crippen LogP contribution in [0.2, 0.25) is 0 Å². The summed E-state index contributed by atoms with van der Waals surface area (Å²) >= 11 is 0. The van der Waals surface area contributed by atoms with Crippen molar-refractivity contribution in [1.29, 1.82) is 0 Å². The molecular weight excluding hydrogens is 453 g/mol. The number of methoxy groups -OCH3 is 1. The van der Waals surface area contributed by atoms with Gasteiger partial charge in [-0.15, -0.1) is 0 Å². The zero-order valence-corrected chi connectivity index (χ0v) is 18.0. The molecule has 0 bridgehead atoms. The number of piperidine rings is 1. The number of hydrogen-bond acceptors (Lipinski definition) is 6. The van der Waals surface area contributed by atoms with Crippen LogP contribution in [0.4, 0.5) is 19.0 Å². The van der Waals surface area contributed by atoms with E-state index in [9.17, 15) is 31.2 Å². The second-order valence-electron chi connectivity index (χ2n) is 7.22. The fraction of sp³-hybridized carbons (Fsp3) is 0.421. The maximum Gasteiger partial charge on any atom is 0.416 e. The summed E-state index contributed by atoms with van der Waals surface area (Å²) in [6, 6.07) is 4.93. The molecule has 0 aliphatic carbocycles. The summed E-state index contributed by atoms with van der Waals surface area (Å²) in [5.74, 6) is -1.38. The summed E-state index contributed by atoms with van der Waals surface area (Å²) < 4.78 is 71.3. The number of esters is 1. The lowest BCUT2D eigenvalue weighted by atomic mass is 9.97. The first-order valence-electron chi connectivity index (χ1n) is 9.54. The van der Waals surface area contributed by atoms with E-state index in [1.54, 1.807) is 0 Å². The third-order valence-corrected chi connectivity index (χ3v) is 7.04. The van der Waals surface area contributed by atoms with Crippen molar-refractivity contribution < 1.29 is 35.9 Å². The zero-order chi connectivity index (χ0) is 23.7. The number of halogens is 3. The number of ether oxygens (including phenoxy) is 1. The molecule has 32 heavy (non-hydrogen) atoms. The van der Waals surface area contributed by atoms with Gasteiger partial charge in [0.25, 0.3) is 0 Å². The van der Waals surface area contributed by atoms with Gasteiger partial charge in [0, 0.05) is 32.1 Å². The number of aromatic nitrogens is 2. The summed E-state index contributed by atoms with van der Waals surface area (Å²) in [6.45, 7) is -0.0431. The largest absolute Gasteiger partial charge is 0.464 e. The van der Waals surface area contributed by atoms with Crippen LogP contribution in [-0.2, 0) is 32.8 Å². The van der Waals surface area contributed by atoms with Crippen LogP contribution in [-0.4, -0.2) is 54.6 Å². The highest BCUT2D eigenvalue weighted by atomic mass is 32.2. The van der Waals surface area contributed by atoms with E-state index in [1.807, 2.05) is 0 Å². The first-order valence-corrected chi connectivity index (χ1v) is 11.0. The average Bonchev–Trinajstić information content (AvgIpc) is 3.12. The molecule has 1 amide bonds. The highest BCUT2D eigenvalue weighted by Gasteiger charge is 2.35. The van der Waals surface area contributed by atoms with Gasteiger partial charge in [0.15, 0.2) is 5.82 Å². The van der Waals surface area contributed by atoms with Crippen LogP contribution in [0.15, 0.2) is 35.2 Å². The predicted octanol–water partition coefficient (Wildman–Crippen LogP) is 2.26. The van der Waals surface area contributed by atoms with E-state index in [1.165, 1.54) is 24.9 Å². The molecule has 3 rings (SSSR count). The molecular formula is C19H21F3N4O5S. The third kappa shape index (κ3) is 4.93. The van der Waals surface area contributed by atoms with Crippen molar-refractivity contribution in [3.05, 3.63) is 41.6 Å². The minimum absolute atomic E-state index is 0.0215. The fourth-order valence-electron chi connectivity index (χ4n) is 3.39. The van der Waals surface area contributed by atoms with E-state index in [2.05, 4.69) is 15.2 Å². The van der Waals surface area contributed by atoms with Crippen LogP contribution in [0.5, 0.6) is 0 Å². The smallest absolute Gasteiger partial charge is 0.416 e. The molecule has 1 N–H and O–H groups in total. The molecule has 13 heteroatoms. The molecule has 0 spiro atoms. The van der Waals surface area contributed by atoms with Crippen LogP contribution < -0.4 is 5.32 Å². The SMILES string of the molecule is COC(=O)c1cc(NC(=O)C2CCN(S(=O)(=O)c3cccc(C(F)(F)F)c3)CC2)nn1C. The molecule has 1 aliphatic heterocycles. The van der Waals surface area contributed by atoms with Crippen molar-refractivity contribution in [2.75, 3.05) is 25.5 Å². The zero-order valence-electron chi connectivity index (χ0n) is 17.2. The van der Waals surface area contributed by atoms with Gasteiger partial charge >= 0.3 is 12.1 Å². The van der Waals surface area contributed by atoms with Crippen molar-refractivity contribution in [2.45, 2.75) is 23.9 Å². The van der Waals surface area contributed by atoms with E-state index in [-0.39, 0.29) is 37.4 Å². The van der Waals surface area contributed by atoms with Gasteiger partial charge in [0.2, 0.25) is 15.9 Å². The maximum atomic E-state index is 12.9. The Balaban J connectivity index is 1.65. The van der Waals surface area contributed by atoms with E-state index in [0.717, 1.165) is 22.5 Å². The van der Waals surface area contributed by atoms with Gasteiger partial charge in [-0.25, -0.2) is 13.2 Å². The molecule has 1 aromatic carbocycles. The Bertz CT molecular complexity index is 1120. The van der Waals surface area contributed by atoms with Gasteiger partial charge in [-0.2, -0.15) is 22.6 Å². The quantitative estimate of drug-likeness (QED) is 0.666. The Hall–Kier alpha value is -2.93. The number of carbonyl (C=O) groups is 2. The Morgan fingerprint density at radius 2 is 1.84 bits per heavy atom. The van der Waals surface area contributed by atoms with Gasteiger partial charge in [-0.1, -0.05) is 6.07 Å². The Morgan fingerprint density at radius 3 is 2.44 bits per heavy atom. The van der Waals surface area contributed by atoms with Gasteiger partial charge in [0.05, 0.1) is 17.6 Å². The van der Waals surface area contributed by atoms with Crippen molar-refractivity contribution in [3.8, 4) is 0 Å². The van der Waals surface area contributed by atoms with E-state index in [4.69, 9.17) is 0 Å². The lowest BCUT2D eigenvalue weighted by molar-refractivity contribution is -0.137. The molecule has 0 radical (unpaired) electrons. The number of nitrogens with one attached hydrogen (secondary N) is 1. The molecule has 0 saturated carbocycles. The van der Waals surface area contributed by atoms with Crippen molar-refractivity contribution in [2.24, 2.45) is 13.0 Å². The Morgan fingerprint density at radius 1 is 1.19 bits per heavy atom. The van der Waals surface area contributed by atoms with E-state index in [0.29, 0.717) is 6.07 Å². The van der Waals surface area contributed by atoms with Crippen LogP contribution in [0.25, 0.3) is 0 Å². The molecule has 1 saturated heterocycles. The van der Waals surface area contributed by atoms with Crippen molar-refractivity contribution in [1.82, 2.24) is 14.1 Å². The number of rotatable bonds is 5. The predicted molar refractivity (Wildman–Crippen MR) is 106 cm³/mol. The number of hydrogen-bond donors (Lipinski definition) is 1. The molecule has 2 aromatic rings. The highest BCUT2D eigenvalue weighted by molar-refractivity contribution is 7.89. The second kappa shape index (κ2) is 8.90. The van der Waals surface area contributed by atoms with Gasteiger partial charge in [0.1, 0.15) is 5.69 Å². The Labute approximate surface area is 182 Å². The number of nitrogens with zero attached hydrogens (tertiary/aromatic N) is 3. The normalized spacial score (nSPS) is 16.0. The highest BCUT2D eigenvalue weighted by Crippen LogP contribution is 2.32. The fourth-order valence-corrected chi connectivity index (χ4v) is 4.91. The maximum absolute atomic E-state index is 12.9. The van der Waals surface area contributed by atoms with Crippen molar-refractivity contribution >= 4 is 27.7 Å². The number of alkyl halides is 3. The summed E-state index contributed by atoms with van der Waals surface area (Å²) in [7, 11) is -1.40. The molecule has 0 unspecified atom stereocenters. The summed E-state index contributed by atoms with van der Waals surface area (Å²) in [6.07, 6.45) is -4.29. The molecule has 1 aliphatic rings. The van der Waals surface area contributed by atoms with Crippen LogP contribution >= 0.6 is 0 Å². The van der Waals surface area contributed by atoms with Crippen LogP contribution in [0, 0.1) is 5.92 Å². The first kappa shape index (κ1) is 23.7. The number of sulfonamides is 1. The lowest BCUT2D eigenvalue weighted by Gasteiger charge is -2.30. The summed E-state index contributed by atoms with van der Waals surface area (Å²) in [5.41, 5.74) is -0.903. The van der Waals surface area contributed by atoms with Gasteiger partial charge in [-0.3, -0.25) is 9.48 Å². The lowest BCUT2D eigenvalue weighted by Crippen LogP contribution is -2.41. The number of aryl methyl sites for hydroxylation is 1. The molecule has 174 valence electrons. The minimum Gasteiger partial charge on any atom is -0.464 e. The molecule has 9 nitrogen and oxygen atoms in total. The van der Waals surface area contributed by atoms with Crippen molar-refractivity contribution in [3.63, 3.8) is 0 Å². The van der Waals surface area contributed by atoms with Gasteiger partial charge in [-0.05, 0) is 31.0 Å². The minimum atomic E-state index is -4.66. The Kier molecular flexibility index (Phi) is 6.60. The topological polar surface area (TPSA) is 111 Å². The number of anilines is 1. The third-order valence-electron chi connectivity index (χ3n) is 5.15. The molecule has 2 heterocycles.